The van der Waals surface area contributed by atoms with E-state index in [4.69, 9.17) is 10.8 Å². The van der Waals surface area contributed by atoms with Gasteiger partial charge in [0, 0.05) is 37.2 Å². The zero-order valence-electron chi connectivity index (χ0n) is 13.9. The van der Waals surface area contributed by atoms with Crippen molar-refractivity contribution in [3.8, 4) is 0 Å². The van der Waals surface area contributed by atoms with Crippen LogP contribution in [0, 0.1) is 6.92 Å². The molecule has 0 unspecified atom stereocenters. The number of rotatable bonds is 4. The van der Waals surface area contributed by atoms with Gasteiger partial charge in [-0.3, -0.25) is 4.90 Å². The molecule has 3 N–H and O–H groups in total. The molecule has 118 valence electrons. The van der Waals surface area contributed by atoms with Crippen LogP contribution in [0.25, 0.3) is 0 Å². The molecule has 2 rings (SSSR count). The van der Waals surface area contributed by atoms with Gasteiger partial charge in [-0.25, -0.2) is 15.8 Å². The maximum Gasteiger partial charge on any atom is 0.148 e. The fourth-order valence-electron chi connectivity index (χ4n) is 2.75. The third-order valence-electron chi connectivity index (χ3n) is 4.39. The predicted octanol–water partition coefficient (Wildman–Crippen LogP) is 1.55. The van der Waals surface area contributed by atoms with Crippen LogP contribution in [0.5, 0.6) is 0 Å². The van der Waals surface area contributed by atoms with Gasteiger partial charge in [0.2, 0.25) is 0 Å². The second kappa shape index (κ2) is 6.15. The fraction of sp³-hybridized carbons (Fsp3) is 0.733. The number of hydrogen-bond acceptors (Lipinski definition) is 6. The third kappa shape index (κ3) is 3.27. The predicted molar refractivity (Wildman–Crippen MR) is 87.5 cm³/mol. The Morgan fingerprint density at radius 3 is 2.57 bits per heavy atom. The lowest BCUT2D eigenvalue weighted by molar-refractivity contribution is 0.138. The molecule has 0 bridgehead atoms. The van der Waals surface area contributed by atoms with Crippen molar-refractivity contribution in [2.75, 3.05) is 37.0 Å². The second-order valence-electron chi connectivity index (χ2n) is 6.49. The molecule has 0 amide bonds. The molecule has 6 heteroatoms. The van der Waals surface area contributed by atoms with Crippen molar-refractivity contribution in [1.82, 2.24) is 14.9 Å². The van der Waals surface area contributed by atoms with E-state index in [1.165, 1.54) is 0 Å². The molecule has 1 aromatic rings. The summed E-state index contributed by atoms with van der Waals surface area (Å²) in [4.78, 5) is 14.0. The Morgan fingerprint density at radius 2 is 2.00 bits per heavy atom. The zero-order valence-corrected chi connectivity index (χ0v) is 13.9. The summed E-state index contributed by atoms with van der Waals surface area (Å²) in [6.45, 7) is 11.7. The van der Waals surface area contributed by atoms with Crippen LogP contribution < -0.4 is 16.2 Å². The molecule has 1 aromatic heterocycles. The summed E-state index contributed by atoms with van der Waals surface area (Å²) >= 11 is 0. The smallest absolute Gasteiger partial charge is 0.148 e. The Hall–Kier alpha value is -1.40. The maximum atomic E-state index is 5.62. The Morgan fingerprint density at radius 1 is 1.29 bits per heavy atom. The molecule has 0 radical (unpaired) electrons. The first-order valence-electron chi connectivity index (χ1n) is 7.69. The lowest BCUT2D eigenvalue weighted by Gasteiger charge is -2.46. The number of aryl methyl sites for hydroxylation is 1. The molecule has 0 spiro atoms. The minimum atomic E-state index is 0.136. The monoisotopic (exact) mass is 292 g/mol. The Kier molecular flexibility index (Phi) is 4.68. The Bertz CT molecular complexity index is 499. The van der Waals surface area contributed by atoms with E-state index in [1.807, 2.05) is 6.92 Å². The van der Waals surface area contributed by atoms with Crippen molar-refractivity contribution < 1.29 is 0 Å². The van der Waals surface area contributed by atoms with Crippen LogP contribution in [-0.4, -0.2) is 47.1 Å². The molecule has 1 aliphatic rings. The molecule has 0 atom stereocenters. The average Bonchev–Trinajstić information content (AvgIpc) is 2.44. The second-order valence-corrected chi connectivity index (χ2v) is 6.49. The van der Waals surface area contributed by atoms with Crippen LogP contribution in [0.1, 0.15) is 38.6 Å². The van der Waals surface area contributed by atoms with Crippen LogP contribution in [-0.2, 0) is 6.42 Å². The molecule has 1 aliphatic heterocycles. The molecule has 0 aliphatic carbocycles. The first-order chi connectivity index (χ1) is 9.89. The van der Waals surface area contributed by atoms with Crippen LogP contribution >= 0.6 is 0 Å². The van der Waals surface area contributed by atoms with Crippen molar-refractivity contribution in [3.05, 3.63) is 11.4 Å². The first-order valence-corrected chi connectivity index (χ1v) is 7.69. The van der Waals surface area contributed by atoms with Gasteiger partial charge in [-0.2, -0.15) is 0 Å². The number of aromatic nitrogens is 2. The summed E-state index contributed by atoms with van der Waals surface area (Å²) in [5.74, 6) is 8.24. The van der Waals surface area contributed by atoms with Gasteiger partial charge in [-0.15, -0.1) is 0 Å². The lowest BCUT2D eigenvalue weighted by atomic mass is 9.99. The molecule has 2 heterocycles. The van der Waals surface area contributed by atoms with E-state index < -0.39 is 0 Å². The van der Waals surface area contributed by atoms with Crippen molar-refractivity contribution in [2.24, 2.45) is 5.84 Å². The van der Waals surface area contributed by atoms with E-state index in [1.54, 1.807) is 0 Å². The molecule has 1 saturated heterocycles. The van der Waals surface area contributed by atoms with Gasteiger partial charge >= 0.3 is 0 Å². The number of nitrogens with one attached hydrogen (secondary N) is 1. The summed E-state index contributed by atoms with van der Waals surface area (Å²) in [6, 6.07) is 0. The number of nitrogens with two attached hydrogens (primary N) is 1. The van der Waals surface area contributed by atoms with E-state index in [0.717, 1.165) is 55.5 Å². The highest BCUT2D eigenvalue weighted by atomic mass is 15.3. The molecule has 6 nitrogen and oxygen atoms in total. The number of likely N-dealkylation sites (N-methyl/N-ethyl adjacent to an activating group) is 1. The minimum absolute atomic E-state index is 0.136. The van der Waals surface area contributed by atoms with E-state index >= 15 is 0 Å². The van der Waals surface area contributed by atoms with Gasteiger partial charge in [0.1, 0.15) is 17.5 Å². The average molecular weight is 292 g/mol. The minimum Gasteiger partial charge on any atom is -0.353 e. The largest absolute Gasteiger partial charge is 0.353 e. The fourth-order valence-corrected chi connectivity index (χ4v) is 2.75. The van der Waals surface area contributed by atoms with Gasteiger partial charge in [-0.05, 0) is 34.2 Å². The standard InChI is InChI=1S/C15H28N6/c1-6-7-12-17-13(19-16)11(2)14(18-12)21-9-8-20(5)15(3,4)10-21/h6-10,16H2,1-5H3,(H,17,18,19). The summed E-state index contributed by atoms with van der Waals surface area (Å²) in [5, 5.41) is 0. The maximum absolute atomic E-state index is 5.62. The molecule has 0 aromatic carbocycles. The van der Waals surface area contributed by atoms with Crippen molar-refractivity contribution in [1.29, 1.82) is 0 Å². The highest BCUT2D eigenvalue weighted by Crippen LogP contribution is 2.28. The van der Waals surface area contributed by atoms with Gasteiger partial charge in [0.05, 0.1) is 0 Å². The van der Waals surface area contributed by atoms with E-state index in [0.29, 0.717) is 0 Å². The number of hydrazine groups is 1. The van der Waals surface area contributed by atoms with Crippen LogP contribution in [0.2, 0.25) is 0 Å². The van der Waals surface area contributed by atoms with Gasteiger partial charge in [0.25, 0.3) is 0 Å². The van der Waals surface area contributed by atoms with E-state index in [9.17, 15) is 0 Å². The van der Waals surface area contributed by atoms with Crippen molar-refractivity contribution >= 4 is 11.6 Å². The number of hydrogen-bond donors (Lipinski definition) is 2. The summed E-state index contributed by atoms with van der Waals surface area (Å²) in [6.07, 6.45) is 1.90. The number of anilines is 2. The summed E-state index contributed by atoms with van der Waals surface area (Å²) < 4.78 is 0. The molecule has 1 fully saturated rings. The Balaban J connectivity index is 2.36. The first kappa shape index (κ1) is 16.0. The molecule has 0 saturated carbocycles. The highest BCUT2D eigenvalue weighted by Gasteiger charge is 2.32. The van der Waals surface area contributed by atoms with E-state index in [2.05, 4.69) is 48.0 Å². The quantitative estimate of drug-likeness (QED) is 0.648. The molecule has 21 heavy (non-hydrogen) atoms. The van der Waals surface area contributed by atoms with Crippen LogP contribution in [0.4, 0.5) is 11.6 Å². The topological polar surface area (TPSA) is 70.3 Å². The van der Waals surface area contributed by atoms with Gasteiger partial charge in [0.15, 0.2) is 0 Å². The SMILES string of the molecule is CCCc1nc(NN)c(C)c(N2CCN(C)C(C)(C)C2)n1. The highest BCUT2D eigenvalue weighted by molar-refractivity contribution is 5.58. The van der Waals surface area contributed by atoms with Crippen molar-refractivity contribution in [2.45, 2.75) is 46.1 Å². The van der Waals surface area contributed by atoms with Gasteiger partial charge < -0.3 is 10.3 Å². The third-order valence-corrected chi connectivity index (χ3v) is 4.39. The van der Waals surface area contributed by atoms with Gasteiger partial charge in [-0.1, -0.05) is 6.92 Å². The molecular weight excluding hydrogens is 264 g/mol. The lowest BCUT2D eigenvalue weighted by Crippen LogP contribution is -2.58. The number of piperazine rings is 1. The van der Waals surface area contributed by atoms with Crippen LogP contribution in [0.3, 0.4) is 0 Å². The van der Waals surface area contributed by atoms with Crippen LogP contribution in [0.15, 0.2) is 0 Å². The van der Waals surface area contributed by atoms with E-state index in [-0.39, 0.29) is 5.54 Å². The van der Waals surface area contributed by atoms with Crippen molar-refractivity contribution in [3.63, 3.8) is 0 Å². The summed E-state index contributed by atoms with van der Waals surface area (Å²) in [7, 11) is 2.18. The number of nitrogen functional groups attached to an aromatic ring is 1. The number of nitrogens with zero attached hydrogens (tertiary/aromatic N) is 4. The zero-order chi connectivity index (χ0) is 15.6. The summed E-state index contributed by atoms with van der Waals surface area (Å²) in [5.41, 5.74) is 3.88. The normalized spacial score (nSPS) is 18.9. The molecular formula is C15H28N6. The Labute approximate surface area is 127 Å².